The number of aliphatic hydroxyl groups is 1. The zero-order chi connectivity index (χ0) is 14.9. The lowest BCUT2D eigenvalue weighted by molar-refractivity contribution is -0.151. The maximum atomic E-state index is 13.7. The van der Waals surface area contributed by atoms with E-state index >= 15 is 0 Å². The Labute approximate surface area is 113 Å². The molecule has 0 aromatic rings. The van der Waals surface area contributed by atoms with E-state index in [0.29, 0.717) is 0 Å². The van der Waals surface area contributed by atoms with Crippen molar-refractivity contribution in [2.75, 3.05) is 19.7 Å². The summed E-state index contributed by atoms with van der Waals surface area (Å²) >= 11 is 0. The SMILES string of the molecule is NCC(CO)ONC(=O)[C@@H]1CC(F)(F)[C@@H]2CN1C(=O)N2. The summed E-state index contributed by atoms with van der Waals surface area (Å²) in [5.41, 5.74) is 7.20. The molecule has 1 unspecified atom stereocenters. The van der Waals surface area contributed by atoms with E-state index in [2.05, 4.69) is 5.32 Å². The molecular weight excluding hydrogens is 278 g/mol. The van der Waals surface area contributed by atoms with E-state index in [4.69, 9.17) is 15.7 Å². The topological polar surface area (TPSA) is 117 Å². The summed E-state index contributed by atoms with van der Waals surface area (Å²) in [6, 6.07) is -3.29. The first-order chi connectivity index (χ1) is 9.39. The van der Waals surface area contributed by atoms with Gasteiger partial charge in [0.05, 0.1) is 6.61 Å². The Hall–Kier alpha value is -1.52. The fourth-order valence-electron chi connectivity index (χ4n) is 2.18. The monoisotopic (exact) mass is 294 g/mol. The van der Waals surface area contributed by atoms with E-state index in [0.717, 1.165) is 4.90 Å². The number of hydrogen-bond acceptors (Lipinski definition) is 5. The Morgan fingerprint density at radius 1 is 1.70 bits per heavy atom. The molecule has 0 spiro atoms. The number of nitrogens with one attached hydrogen (secondary N) is 2. The minimum absolute atomic E-state index is 0.0517. The van der Waals surface area contributed by atoms with Gasteiger partial charge in [0.15, 0.2) is 0 Å². The van der Waals surface area contributed by atoms with Gasteiger partial charge in [-0.05, 0) is 0 Å². The minimum Gasteiger partial charge on any atom is -0.394 e. The van der Waals surface area contributed by atoms with Crippen LogP contribution in [0, 0.1) is 0 Å². The predicted molar refractivity (Wildman–Crippen MR) is 61.5 cm³/mol. The molecule has 2 heterocycles. The molecule has 2 fully saturated rings. The zero-order valence-corrected chi connectivity index (χ0v) is 10.5. The first-order valence-electron chi connectivity index (χ1n) is 6.10. The summed E-state index contributed by atoms with van der Waals surface area (Å²) in [7, 11) is 0. The number of alkyl halides is 2. The van der Waals surface area contributed by atoms with Gasteiger partial charge >= 0.3 is 6.03 Å². The summed E-state index contributed by atoms with van der Waals surface area (Å²) in [6.45, 7) is -0.710. The van der Waals surface area contributed by atoms with Gasteiger partial charge < -0.3 is 21.1 Å². The molecule has 114 valence electrons. The minimum atomic E-state index is -3.16. The van der Waals surface area contributed by atoms with Gasteiger partial charge in [-0.15, -0.1) is 0 Å². The number of nitrogens with zero attached hydrogens (tertiary/aromatic N) is 1. The van der Waals surface area contributed by atoms with Gasteiger partial charge in [0.2, 0.25) is 0 Å². The highest BCUT2D eigenvalue weighted by molar-refractivity contribution is 5.88. The second kappa shape index (κ2) is 5.46. The third-order valence-electron chi connectivity index (χ3n) is 3.38. The van der Waals surface area contributed by atoms with Crippen LogP contribution in [0.4, 0.5) is 13.6 Å². The Morgan fingerprint density at radius 2 is 2.40 bits per heavy atom. The van der Waals surface area contributed by atoms with E-state index in [1.165, 1.54) is 0 Å². The zero-order valence-electron chi connectivity index (χ0n) is 10.5. The number of carbonyl (C=O) groups is 2. The van der Waals surface area contributed by atoms with Crippen LogP contribution in [0.25, 0.3) is 0 Å². The van der Waals surface area contributed by atoms with Crippen LogP contribution in [0.2, 0.25) is 0 Å². The number of amides is 3. The molecule has 0 aliphatic carbocycles. The van der Waals surface area contributed by atoms with Crippen molar-refractivity contribution in [1.29, 1.82) is 0 Å². The van der Waals surface area contributed by atoms with E-state index < -0.39 is 49.1 Å². The number of aliphatic hydroxyl groups excluding tert-OH is 1. The molecule has 3 atom stereocenters. The van der Waals surface area contributed by atoms with Crippen LogP contribution < -0.4 is 16.5 Å². The number of fused-ring (bicyclic) bond motifs is 2. The standard InChI is InChI=1S/C10H16F2N4O4/c11-10(12)1-6(16-3-7(10)14-9(16)19)8(18)15-20-5(2-13)4-17/h5-7,17H,1-4,13H2,(H,14,19)(H,15,18)/t5?,6-,7-/m0/s1. The van der Waals surface area contributed by atoms with Crippen LogP contribution in [0.5, 0.6) is 0 Å². The first-order valence-corrected chi connectivity index (χ1v) is 6.10. The van der Waals surface area contributed by atoms with Crippen molar-refractivity contribution < 1.29 is 28.3 Å². The molecule has 2 aliphatic heterocycles. The molecular formula is C10H16F2N4O4. The summed E-state index contributed by atoms with van der Waals surface area (Å²) in [4.78, 5) is 29.2. The molecule has 2 rings (SSSR count). The van der Waals surface area contributed by atoms with Crippen molar-refractivity contribution in [2.45, 2.75) is 30.5 Å². The Kier molecular flexibility index (Phi) is 4.06. The highest BCUT2D eigenvalue weighted by Gasteiger charge is 2.56. The summed E-state index contributed by atoms with van der Waals surface area (Å²) in [6.07, 6.45) is -1.61. The molecule has 2 bridgehead atoms. The fourth-order valence-corrected chi connectivity index (χ4v) is 2.18. The van der Waals surface area contributed by atoms with Crippen molar-refractivity contribution in [3.8, 4) is 0 Å². The van der Waals surface area contributed by atoms with Gasteiger partial charge in [-0.2, -0.15) is 0 Å². The first kappa shape index (κ1) is 14.9. The van der Waals surface area contributed by atoms with Gasteiger partial charge in [-0.3, -0.25) is 9.63 Å². The molecule has 0 aromatic carbocycles. The molecule has 20 heavy (non-hydrogen) atoms. The highest BCUT2D eigenvalue weighted by atomic mass is 19.3. The molecule has 0 saturated carbocycles. The quantitative estimate of drug-likeness (QED) is 0.444. The number of carbonyl (C=O) groups excluding carboxylic acids is 2. The van der Waals surface area contributed by atoms with Crippen molar-refractivity contribution in [1.82, 2.24) is 15.7 Å². The molecule has 3 amide bonds. The largest absolute Gasteiger partial charge is 0.394 e. The Balaban J connectivity index is 2.00. The molecule has 0 radical (unpaired) electrons. The summed E-state index contributed by atoms with van der Waals surface area (Å²) in [5, 5.41) is 11.0. The number of hydroxylamine groups is 1. The highest BCUT2D eigenvalue weighted by Crippen LogP contribution is 2.35. The van der Waals surface area contributed by atoms with Crippen LogP contribution in [-0.4, -0.2) is 65.8 Å². The normalized spacial score (nSPS) is 29.0. The number of urea groups is 1. The fraction of sp³-hybridized carbons (Fsp3) is 0.800. The van der Waals surface area contributed by atoms with E-state index in [9.17, 15) is 18.4 Å². The predicted octanol–water partition coefficient (Wildman–Crippen LogP) is -1.84. The van der Waals surface area contributed by atoms with Crippen molar-refractivity contribution in [3.63, 3.8) is 0 Å². The summed E-state index contributed by atoms with van der Waals surface area (Å²) < 4.78 is 27.4. The van der Waals surface area contributed by atoms with Crippen LogP contribution in [0.1, 0.15) is 6.42 Å². The van der Waals surface area contributed by atoms with Gasteiger partial charge in [0.25, 0.3) is 11.8 Å². The van der Waals surface area contributed by atoms with Crippen molar-refractivity contribution in [2.24, 2.45) is 5.73 Å². The maximum Gasteiger partial charge on any atom is 0.318 e. The average molecular weight is 294 g/mol. The third kappa shape index (κ3) is 2.67. The summed E-state index contributed by atoms with van der Waals surface area (Å²) in [5.74, 6) is -4.03. The maximum absolute atomic E-state index is 13.7. The molecule has 2 saturated heterocycles. The molecule has 8 nitrogen and oxygen atoms in total. The Morgan fingerprint density at radius 3 is 3.00 bits per heavy atom. The lowest BCUT2D eigenvalue weighted by atomic mass is 9.96. The number of nitrogens with two attached hydrogens (primary N) is 1. The van der Waals surface area contributed by atoms with E-state index in [1.54, 1.807) is 0 Å². The van der Waals surface area contributed by atoms with Crippen molar-refractivity contribution in [3.05, 3.63) is 0 Å². The van der Waals surface area contributed by atoms with Crippen LogP contribution in [0.15, 0.2) is 0 Å². The van der Waals surface area contributed by atoms with Crippen LogP contribution in [0.3, 0.4) is 0 Å². The van der Waals surface area contributed by atoms with E-state index in [-0.39, 0.29) is 13.1 Å². The second-order valence-electron chi connectivity index (χ2n) is 4.76. The number of halogens is 2. The van der Waals surface area contributed by atoms with Gasteiger partial charge in [0.1, 0.15) is 18.2 Å². The van der Waals surface area contributed by atoms with Gasteiger partial charge in [-0.1, -0.05) is 0 Å². The third-order valence-corrected chi connectivity index (χ3v) is 3.38. The molecule has 5 N–H and O–H groups in total. The smallest absolute Gasteiger partial charge is 0.318 e. The van der Waals surface area contributed by atoms with Gasteiger partial charge in [0, 0.05) is 19.5 Å². The number of rotatable bonds is 5. The lowest BCUT2D eigenvalue weighted by Crippen LogP contribution is -2.56. The number of hydrogen-bond donors (Lipinski definition) is 4. The number of piperidine rings is 1. The van der Waals surface area contributed by atoms with E-state index in [1.807, 2.05) is 5.48 Å². The van der Waals surface area contributed by atoms with Gasteiger partial charge in [-0.25, -0.2) is 19.1 Å². The Bertz CT molecular complexity index is 405. The van der Waals surface area contributed by atoms with Crippen LogP contribution in [-0.2, 0) is 9.63 Å². The van der Waals surface area contributed by atoms with Crippen molar-refractivity contribution >= 4 is 11.9 Å². The molecule has 10 heteroatoms. The lowest BCUT2D eigenvalue weighted by Gasteiger charge is -2.34. The average Bonchev–Trinajstić information content (AvgIpc) is 2.75. The van der Waals surface area contributed by atoms with Crippen LogP contribution >= 0.6 is 0 Å². The second-order valence-corrected chi connectivity index (χ2v) is 4.76. The molecule has 2 aliphatic rings. The molecule has 0 aromatic heterocycles.